The summed E-state index contributed by atoms with van der Waals surface area (Å²) in [6, 6.07) is 0. The topological polar surface area (TPSA) is 72.8 Å². The van der Waals surface area contributed by atoms with Crippen molar-refractivity contribution in [1.29, 1.82) is 0 Å². The van der Waals surface area contributed by atoms with Crippen LogP contribution in [0.3, 0.4) is 0 Å². The highest BCUT2D eigenvalue weighted by molar-refractivity contribution is 5.70. The molecule has 0 aliphatic rings. The van der Waals surface area contributed by atoms with Crippen LogP contribution in [-0.4, -0.2) is 36.4 Å². The minimum Gasteiger partial charge on any atom is -0.462 e. The molecule has 5 nitrogen and oxygen atoms in total. The van der Waals surface area contributed by atoms with E-state index in [0.717, 1.165) is 83.5 Å². The molecule has 5 heteroatoms. The van der Waals surface area contributed by atoms with Crippen molar-refractivity contribution in [3.05, 3.63) is 60.8 Å². The summed E-state index contributed by atoms with van der Waals surface area (Å²) >= 11 is 0. The van der Waals surface area contributed by atoms with E-state index >= 15 is 0 Å². The molecule has 0 saturated carbocycles. The predicted molar refractivity (Wildman–Crippen MR) is 196 cm³/mol. The maximum atomic E-state index is 12.1. The van der Waals surface area contributed by atoms with Gasteiger partial charge in [-0.3, -0.25) is 9.59 Å². The standard InChI is InChI=1S/C41H70O5/c1-3-5-7-9-11-13-15-17-19-20-22-23-25-27-29-31-33-35-40(43)45-38-39(37-42)46-41(44)36-34-32-30-28-26-24-21-18-16-14-12-10-8-6-4-2/h5,7,11,13,17-19,21-23,39,42H,3-4,6,8-10,12,14-16,20,24-38H2,1-2H3/t39-/m0/s1. The Kier molecular flexibility index (Phi) is 35.1. The van der Waals surface area contributed by atoms with Gasteiger partial charge >= 0.3 is 11.9 Å². The number of allylic oxidation sites excluding steroid dienone is 10. The zero-order valence-corrected chi connectivity index (χ0v) is 29.8. The Bertz CT molecular complexity index is 823. The van der Waals surface area contributed by atoms with Crippen molar-refractivity contribution in [2.45, 2.75) is 174 Å². The summed E-state index contributed by atoms with van der Waals surface area (Å²) < 4.78 is 10.6. The molecular weight excluding hydrogens is 572 g/mol. The van der Waals surface area contributed by atoms with E-state index in [4.69, 9.17) is 9.47 Å². The molecule has 1 N–H and O–H groups in total. The van der Waals surface area contributed by atoms with Crippen LogP contribution in [0.1, 0.15) is 168 Å². The normalized spacial score (nSPS) is 12.8. The van der Waals surface area contributed by atoms with Gasteiger partial charge < -0.3 is 14.6 Å². The summed E-state index contributed by atoms with van der Waals surface area (Å²) in [4.78, 5) is 24.2. The van der Waals surface area contributed by atoms with Gasteiger partial charge in [0.1, 0.15) is 6.61 Å². The first-order valence-corrected chi connectivity index (χ1v) is 18.8. The molecule has 0 rings (SSSR count). The van der Waals surface area contributed by atoms with E-state index in [-0.39, 0.29) is 25.2 Å². The Balaban J connectivity index is 3.64. The van der Waals surface area contributed by atoms with Crippen LogP contribution in [0, 0.1) is 0 Å². The Morgan fingerprint density at radius 1 is 0.522 bits per heavy atom. The molecule has 0 heterocycles. The van der Waals surface area contributed by atoms with Crippen molar-refractivity contribution >= 4 is 11.9 Å². The summed E-state index contributed by atoms with van der Waals surface area (Å²) in [5.41, 5.74) is 0. The second-order valence-electron chi connectivity index (χ2n) is 12.3. The first kappa shape index (κ1) is 43.6. The van der Waals surface area contributed by atoms with Crippen molar-refractivity contribution in [2.24, 2.45) is 0 Å². The molecule has 0 aromatic heterocycles. The van der Waals surface area contributed by atoms with Crippen molar-refractivity contribution in [3.63, 3.8) is 0 Å². The van der Waals surface area contributed by atoms with Gasteiger partial charge in [-0.25, -0.2) is 0 Å². The summed E-state index contributed by atoms with van der Waals surface area (Å²) in [5, 5.41) is 9.54. The van der Waals surface area contributed by atoms with Gasteiger partial charge in [0, 0.05) is 12.8 Å². The number of carbonyl (C=O) groups excluding carboxylic acids is 2. The van der Waals surface area contributed by atoms with E-state index in [0.29, 0.717) is 12.8 Å². The number of aliphatic hydroxyl groups is 1. The first-order chi connectivity index (χ1) is 22.6. The van der Waals surface area contributed by atoms with Crippen LogP contribution in [-0.2, 0) is 19.1 Å². The van der Waals surface area contributed by atoms with Gasteiger partial charge in [0.25, 0.3) is 0 Å². The molecule has 0 unspecified atom stereocenters. The zero-order chi connectivity index (χ0) is 33.6. The Hall–Kier alpha value is -2.40. The number of ether oxygens (including phenoxy) is 2. The molecule has 46 heavy (non-hydrogen) atoms. The average Bonchev–Trinajstić information content (AvgIpc) is 3.06. The van der Waals surface area contributed by atoms with Gasteiger partial charge in [-0.1, -0.05) is 139 Å². The third-order valence-corrected chi connectivity index (χ3v) is 7.80. The van der Waals surface area contributed by atoms with Crippen LogP contribution in [0.5, 0.6) is 0 Å². The lowest BCUT2D eigenvalue weighted by atomic mass is 10.1. The van der Waals surface area contributed by atoms with Crippen LogP contribution in [0.4, 0.5) is 0 Å². The Morgan fingerprint density at radius 2 is 0.935 bits per heavy atom. The van der Waals surface area contributed by atoms with E-state index in [9.17, 15) is 14.7 Å². The molecule has 0 radical (unpaired) electrons. The number of hydrogen-bond acceptors (Lipinski definition) is 5. The van der Waals surface area contributed by atoms with Crippen LogP contribution < -0.4 is 0 Å². The van der Waals surface area contributed by atoms with E-state index in [2.05, 4.69) is 74.6 Å². The fraction of sp³-hybridized carbons (Fsp3) is 0.707. The number of esters is 2. The second kappa shape index (κ2) is 37.1. The second-order valence-corrected chi connectivity index (χ2v) is 12.3. The molecule has 0 aliphatic heterocycles. The Morgan fingerprint density at radius 3 is 1.43 bits per heavy atom. The molecule has 0 aliphatic carbocycles. The zero-order valence-electron chi connectivity index (χ0n) is 29.8. The Labute approximate surface area is 283 Å². The highest BCUT2D eigenvalue weighted by Crippen LogP contribution is 2.11. The third-order valence-electron chi connectivity index (χ3n) is 7.80. The summed E-state index contributed by atoms with van der Waals surface area (Å²) in [6.45, 7) is 3.98. The smallest absolute Gasteiger partial charge is 0.306 e. The van der Waals surface area contributed by atoms with Gasteiger partial charge in [-0.2, -0.15) is 0 Å². The minimum atomic E-state index is -0.786. The molecule has 0 amide bonds. The molecule has 264 valence electrons. The van der Waals surface area contributed by atoms with Crippen LogP contribution in [0.15, 0.2) is 60.8 Å². The van der Waals surface area contributed by atoms with Gasteiger partial charge in [0.2, 0.25) is 0 Å². The number of hydrogen-bond donors (Lipinski definition) is 1. The van der Waals surface area contributed by atoms with Gasteiger partial charge in [0.15, 0.2) is 6.10 Å². The molecule has 0 fully saturated rings. The van der Waals surface area contributed by atoms with E-state index in [1.165, 1.54) is 57.8 Å². The van der Waals surface area contributed by atoms with Crippen molar-refractivity contribution in [3.8, 4) is 0 Å². The monoisotopic (exact) mass is 643 g/mol. The maximum absolute atomic E-state index is 12.1. The molecule has 0 bridgehead atoms. The molecular formula is C41H70O5. The van der Waals surface area contributed by atoms with Gasteiger partial charge in [0.05, 0.1) is 6.61 Å². The SMILES string of the molecule is CCC=CCC=CCC=CCC=CCCCCCCC(=O)OC[C@H](CO)OC(=O)CCCCCCCC=CCCCCCCCC. The number of carbonyl (C=O) groups is 2. The lowest BCUT2D eigenvalue weighted by Gasteiger charge is -2.15. The maximum Gasteiger partial charge on any atom is 0.306 e. The average molecular weight is 643 g/mol. The van der Waals surface area contributed by atoms with Crippen LogP contribution >= 0.6 is 0 Å². The van der Waals surface area contributed by atoms with Crippen LogP contribution in [0.2, 0.25) is 0 Å². The largest absolute Gasteiger partial charge is 0.462 e. The van der Waals surface area contributed by atoms with Gasteiger partial charge in [-0.15, -0.1) is 0 Å². The minimum absolute atomic E-state index is 0.0840. The molecule has 1 atom stereocenters. The summed E-state index contributed by atoms with van der Waals surface area (Å²) in [5.74, 6) is -0.633. The van der Waals surface area contributed by atoms with E-state index in [1.54, 1.807) is 0 Å². The highest BCUT2D eigenvalue weighted by Gasteiger charge is 2.16. The van der Waals surface area contributed by atoms with Crippen molar-refractivity contribution in [2.75, 3.05) is 13.2 Å². The van der Waals surface area contributed by atoms with Crippen molar-refractivity contribution in [1.82, 2.24) is 0 Å². The van der Waals surface area contributed by atoms with Gasteiger partial charge in [-0.05, 0) is 77.0 Å². The van der Waals surface area contributed by atoms with E-state index < -0.39 is 6.10 Å². The predicted octanol–water partition coefficient (Wildman–Crippen LogP) is 11.6. The van der Waals surface area contributed by atoms with E-state index in [1.807, 2.05) is 0 Å². The van der Waals surface area contributed by atoms with Crippen LogP contribution in [0.25, 0.3) is 0 Å². The fourth-order valence-corrected chi connectivity index (χ4v) is 4.95. The molecule has 0 saturated heterocycles. The molecule has 0 aromatic carbocycles. The number of rotatable bonds is 33. The first-order valence-electron chi connectivity index (χ1n) is 18.8. The third kappa shape index (κ3) is 34.5. The lowest BCUT2D eigenvalue weighted by Crippen LogP contribution is -2.28. The highest BCUT2D eigenvalue weighted by atomic mass is 16.6. The lowest BCUT2D eigenvalue weighted by molar-refractivity contribution is -0.161. The van der Waals surface area contributed by atoms with Crippen molar-refractivity contribution < 1.29 is 24.2 Å². The molecule has 0 aromatic rings. The number of unbranched alkanes of at least 4 members (excludes halogenated alkanes) is 15. The number of aliphatic hydroxyl groups excluding tert-OH is 1. The quantitative estimate of drug-likeness (QED) is 0.0438. The molecule has 0 spiro atoms. The summed E-state index contributed by atoms with van der Waals surface area (Å²) in [6.07, 6.45) is 47.0. The summed E-state index contributed by atoms with van der Waals surface area (Å²) in [7, 11) is 0. The fourth-order valence-electron chi connectivity index (χ4n) is 4.95.